The number of hydrogen-bond donors (Lipinski definition) is 1. The van der Waals surface area contributed by atoms with Crippen molar-refractivity contribution >= 4 is 0 Å². The van der Waals surface area contributed by atoms with Crippen molar-refractivity contribution in [1.29, 1.82) is 0 Å². The molecule has 0 spiro atoms. The van der Waals surface area contributed by atoms with Gasteiger partial charge < -0.3 is 5.73 Å². The van der Waals surface area contributed by atoms with Gasteiger partial charge in [-0.25, -0.2) is 0 Å². The van der Waals surface area contributed by atoms with Crippen LogP contribution in [0.5, 0.6) is 0 Å². The number of rotatable bonds is 2. The van der Waals surface area contributed by atoms with Gasteiger partial charge in [-0.15, -0.1) is 0 Å². The Kier molecular flexibility index (Phi) is 2.16. The minimum atomic E-state index is 0.593. The van der Waals surface area contributed by atoms with Gasteiger partial charge in [0.25, 0.3) is 0 Å². The van der Waals surface area contributed by atoms with Crippen LogP contribution in [0.1, 0.15) is 45.4 Å². The first-order valence-electron chi connectivity index (χ1n) is 5.47. The van der Waals surface area contributed by atoms with Crippen LogP contribution in [-0.2, 0) is 0 Å². The lowest BCUT2D eigenvalue weighted by atomic mass is 9.56. The maximum Gasteiger partial charge on any atom is -0.00177 e. The SMILES string of the molecule is CC1CC(CN)(C2CCCC2)C1. The van der Waals surface area contributed by atoms with Gasteiger partial charge in [0, 0.05) is 0 Å². The first-order chi connectivity index (χ1) is 5.77. The number of hydrogen-bond acceptors (Lipinski definition) is 1. The van der Waals surface area contributed by atoms with Crippen LogP contribution in [0.15, 0.2) is 0 Å². The summed E-state index contributed by atoms with van der Waals surface area (Å²) in [7, 11) is 0. The van der Waals surface area contributed by atoms with Crippen LogP contribution in [-0.4, -0.2) is 6.54 Å². The van der Waals surface area contributed by atoms with Gasteiger partial charge in [0.15, 0.2) is 0 Å². The third-order valence-electron chi connectivity index (χ3n) is 4.14. The summed E-state index contributed by atoms with van der Waals surface area (Å²) in [5, 5.41) is 0. The maximum atomic E-state index is 5.91. The van der Waals surface area contributed by atoms with Crippen LogP contribution in [0.25, 0.3) is 0 Å². The summed E-state index contributed by atoms with van der Waals surface area (Å²) < 4.78 is 0. The Balaban J connectivity index is 1.98. The van der Waals surface area contributed by atoms with E-state index < -0.39 is 0 Å². The van der Waals surface area contributed by atoms with Gasteiger partial charge in [0.2, 0.25) is 0 Å². The zero-order chi connectivity index (χ0) is 8.60. The Bertz CT molecular complexity index is 152. The van der Waals surface area contributed by atoms with Crippen molar-refractivity contribution in [3.8, 4) is 0 Å². The molecule has 2 aliphatic carbocycles. The van der Waals surface area contributed by atoms with Gasteiger partial charge in [-0.1, -0.05) is 19.8 Å². The van der Waals surface area contributed by atoms with Gasteiger partial charge in [-0.05, 0) is 49.5 Å². The fourth-order valence-electron chi connectivity index (χ4n) is 3.53. The smallest absolute Gasteiger partial charge is 0.00177 e. The minimum absolute atomic E-state index is 0.593. The molecule has 0 unspecified atom stereocenters. The van der Waals surface area contributed by atoms with E-state index in [2.05, 4.69) is 6.92 Å². The third-order valence-corrected chi connectivity index (χ3v) is 4.14. The molecule has 0 aromatic carbocycles. The maximum absolute atomic E-state index is 5.91. The molecule has 0 saturated heterocycles. The lowest BCUT2D eigenvalue weighted by Crippen LogP contribution is -2.47. The van der Waals surface area contributed by atoms with Crippen LogP contribution >= 0.6 is 0 Å². The molecule has 1 heteroatoms. The molecule has 0 aromatic heterocycles. The van der Waals surface area contributed by atoms with Crippen LogP contribution in [0.4, 0.5) is 0 Å². The largest absolute Gasteiger partial charge is 0.330 e. The monoisotopic (exact) mass is 167 g/mol. The average Bonchev–Trinajstić information content (AvgIpc) is 2.50. The Morgan fingerprint density at radius 1 is 1.25 bits per heavy atom. The lowest BCUT2D eigenvalue weighted by Gasteiger charge is -2.50. The van der Waals surface area contributed by atoms with Crippen LogP contribution in [0.2, 0.25) is 0 Å². The molecule has 0 aromatic rings. The van der Waals surface area contributed by atoms with E-state index in [0.717, 1.165) is 18.4 Å². The highest BCUT2D eigenvalue weighted by Crippen LogP contribution is 2.54. The van der Waals surface area contributed by atoms with Crippen molar-refractivity contribution in [2.45, 2.75) is 45.4 Å². The van der Waals surface area contributed by atoms with Crippen LogP contribution < -0.4 is 5.73 Å². The Hall–Kier alpha value is -0.0400. The van der Waals surface area contributed by atoms with Gasteiger partial charge in [-0.2, -0.15) is 0 Å². The molecular weight excluding hydrogens is 146 g/mol. The second-order valence-corrected chi connectivity index (χ2v) is 5.06. The van der Waals surface area contributed by atoms with E-state index in [9.17, 15) is 0 Å². The topological polar surface area (TPSA) is 26.0 Å². The van der Waals surface area contributed by atoms with Crippen molar-refractivity contribution in [2.75, 3.05) is 6.54 Å². The molecule has 0 heterocycles. The quantitative estimate of drug-likeness (QED) is 0.672. The van der Waals surface area contributed by atoms with Crippen LogP contribution in [0.3, 0.4) is 0 Å². The first-order valence-corrected chi connectivity index (χ1v) is 5.47. The standard InChI is InChI=1S/C11H21N/c1-9-6-11(7-9,8-12)10-4-2-3-5-10/h9-10H,2-8,12H2,1H3. The van der Waals surface area contributed by atoms with Gasteiger partial charge >= 0.3 is 0 Å². The second-order valence-electron chi connectivity index (χ2n) is 5.06. The zero-order valence-corrected chi connectivity index (χ0v) is 8.18. The number of nitrogens with two attached hydrogens (primary N) is 1. The lowest BCUT2D eigenvalue weighted by molar-refractivity contribution is 0.0111. The molecule has 0 radical (unpaired) electrons. The molecular formula is C11H21N. The molecule has 1 nitrogen and oxygen atoms in total. The normalized spacial score (nSPS) is 43.0. The molecule has 0 aliphatic heterocycles. The van der Waals surface area contributed by atoms with Crippen molar-refractivity contribution in [3.63, 3.8) is 0 Å². The molecule has 0 bridgehead atoms. The van der Waals surface area contributed by atoms with Crippen molar-refractivity contribution in [1.82, 2.24) is 0 Å². The molecule has 2 fully saturated rings. The van der Waals surface area contributed by atoms with Gasteiger partial charge in [-0.3, -0.25) is 0 Å². The molecule has 0 atom stereocenters. The highest BCUT2D eigenvalue weighted by Gasteiger charge is 2.47. The van der Waals surface area contributed by atoms with Crippen molar-refractivity contribution in [3.05, 3.63) is 0 Å². The molecule has 2 N–H and O–H groups in total. The second kappa shape index (κ2) is 3.02. The fourth-order valence-corrected chi connectivity index (χ4v) is 3.53. The first kappa shape index (κ1) is 8.55. The molecule has 2 rings (SSSR count). The van der Waals surface area contributed by atoms with Gasteiger partial charge in [0.1, 0.15) is 0 Å². The summed E-state index contributed by atoms with van der Waals surface area (Å²) >= 11 is 0. The Labute approximate surface area is 75.7 Å². The van der Waals surface area contributed by atoms with E-state index in [1.807, 2.05) is 0 Å². The molecule has 12 heavy (non-hydrogen) atoms. The van der Waals surface area contributed by atoms with Crippen LogP contribution in [0, 0.1) is 17.3 Å². The zero-order valence-electron chi connectivity index (χ0n) is 8.18. The predicted octanol–water partition coefficient (Wildman–Crippen LogP) is 2.55. The van der Waals surface area contributed by atoms with E-state index in [-0.39, 0.29) is 0 Å². The summed E-state index contributed by atoms with van der Waals surface area (Å²) in [5.74, 6) is 1.94. The molecule has 2 saturated carbocycles. The van der Waals surface area contributed by atoms with E-state index in [1.54, 1.807) is 0 Å². The highest BCUT2D eigenvalue weighted by atomic mass is 14.7. The average molecular weight is 167 g/mol. The summed E-state index contributed by atoms with van der Waals surface area (Å²) in [5.41, 5.74) is 6.50. The minimum Gasteiger partial charge on any atom is -0.330 e. The third kappa shape index (κ3) is 1.19. The molecule has 70 valence electrons. The summed E-state index contributed by atoms with van der Waals surface area (Å²) in [4.78, 5) is 0. The molecule has 0 amide bonds. The highest BCUT2D eigenvalue weighted by molar-refractivity contribution is 4.98. The van der Waals surface area contributed by atoms with Gasteiger partial charge in [0.05, 0.1) is 0 Å². The predicted molar refractivity (Wildman–Crippen MR) is 51.8 cm³/mol. The Morgan fingerprint density at radius 3 is 2.25 bits per heavy atom. The van der Waals surface area contributed by atoms with E-state index in [4.69, 9.17) is 5.73 Å². The van der Waals surface area contributed by atoms with E-state index in [0.29, 0.717) is 5.41 Å². The summed E-state index contributed by atoms with van der Waals surface area (Å²) in [6.45, 7) is 3.31. The van der Waals surface area contributed by atoms with Crippen molar-refractivity contribution in [2.24, 2.45) is 23.0 Å². The van der Waals surface area contributed by atoms with E-state index >= 15 is 0 Å². The summed E-state index contributed by atoms with van der Waals surface area (Å²) in [6, 6.07) is 0. The van der Waals surface area contributed by atoms with E-state index in [1.165, 1.54) is 38.5 Å². The fraction of sp³-hybridized carbons (Fsp3) is 1.00. The Morgan fingerprint density at radius 2 is 1.83 bits per heavy atom. The summed E-state index contributed by atoms with van der Waals surface area (Å²) in [6.07, 6.45) is 8.66. The van der Waals surface area contributed by atoms with Crippen molar-refractivity contribution < 1.29 is 0 Å². The molecule has 2 aliphatic rings.